The van der Waals surface area contributed by atoms with E-state index < -0.39 is 27.0 Å². The highest BCUT2D eigenvalue weighted by Gasteiger charge is 2.38. The lowest BCUT2D eigenvalue weighted by atomic mass is 10.0. The number of hydrogen-bond acceptors (Lipinski definition) is 8. The lowest BCUT2D eigenvalue weighted by Crippen LogP contribution is -2.59. The number of aromatic nitrogens is 4. The largest absolute Gasteiger partial charge is 0.496 e. The zero-order chi connectivity index (χ0) is 20.1. The zero-order valence-electron chi connectivity index (χ0n) is 14.7. The molecule has 0 saturated carbocycles. The Hall–Kier alpha value is -2.22. The summed E-state index contributed by atoms with van der Waals surface area (Å²) < 4.78 is 65.6. The number of nitrogens with zero attached hydrogens (tertiary/aromatic N) is 4. The standard InChI is InChI=1S/C15H15F2N5O4S2/c1-15(6-26-7-15)21-28(23,24)8-3-10-9(11(4-8)25-2)5-18-22(10)14-20-19-13(27-14)12(16)17/h3-5,12,21H,6-7H2,1-2H3. The third-order valence-corrected chi connectivity index (χ3v) is 6.70. The number of halogens is 2. The highest BCUT2D eigenvalue weighted by atomic mass is 32.2. The molecule has 0 aliphatic carbocycles. The molecular formula is C15H15F2N5O4S2. The van der Waals surface area contributed by atoms with E-state index in [2.05, 4.69) is 20.0 Å². The molecule has 0 bridgehead atoms. The second kappa shape index (κ2) is 6.69. The van der Waals surface area contributed by atoms with Crippen LogP contribution in [-0.4, -0.2) is 54.3 Å². The van der Waals surface area contributed by atoms with Crippen molar-refractivity contribution in [3.63, 3.8) is 0 Å². The number of nitrogens with one attached hydrogen (secondary N) is 1. The average molecular weight is 431 g/mol. The zero-order valence-corrected chi connectivity index (χ0v) is 16.4. The maximum atomic E-state index is 12.8. The maximum absolute atomic E-state index is 12.8. The van der Waals surface area contributed by atoms with Crippen LogP contribution in [0.2, 0.25) is 0 Å². The van der Waals surface area contributed by atoms with Crippen molar-refractivity contribution in [3.05, 3.63) is 23.3 Å². The first-order chi connectivity index (χ1) is 13.2. The Morgan fingerprint density at radius 2 is 2.11 bits per heavy atom. The van der Waals surface area contributed by atoms with Gasteiger partial charge in [-0.2, -0.15) is 5.10 Å². The van der Waals surface area contributed by atoms with E-state index in [4.69, 9.17) is 9.47 Å². The van der Waals surface area contributed by atoms with E-state index in [1.807, 2.05) is 0 Å². The Morgan fingerprint density at radius 1 is 1.36 bits per heavy atom. The van der Waals surface area contributed by atoms with Gasteiger partial charge in [0.15, 0.2) is 5.01 Å². The number of benzene rings is 1. The highest BCUT2D eigenvalue weighted by Crippen LogP contribution is 2.33. The molecule has 1 aliphatic heterocycles. The number of rotatable bonds is 6. The average Bonchev–Trinajstić information content (AvgIpc) is 3.25. The molecule has 0 atom stereocenters. The molecule has 0 unspecified atom stereocenters. The van der Waals surface area contributed by atoms with Crippen molar-refractivity contribution in [2.75, 3.05) is 20.3 Å². The van der Waals surface area contributed by atoms with Gasteiger partial charge in [-0.3, -0.25) is 0 Å². The first kappa shape index (κ1) is 19.1. The molecule has 1 fully saturated rings. The maximum Gasteiger partial charge on any atom is 0.291 e. The molecular weight excluding hydrogens is 416 g/mol. The summed E-state index contributed by atoms with van der Waals surface area (Å²) in [5.41, 5.74) is -0.348. The van der Waals surface area contributed by atoms with Crippen molar-refractivity contribution in [3.8, 4) is 10.9 Å². The third kappa shape index (κ3) is 3.23. The van der Waals surface area contributed by atoms with Gasteiger partial charge in [0.1, 0.15) is 5.75 Å². The van der Waals surface area contributed by atoms with Crippen LogP contribution in [0.1, 0.15) is 18.4 Å². The molecule has 1 saturated heterocycles. The summed E-state index contributed by atoms with van der Waals surface area (Å²) >= 11 is 0.669. The van der Waals surface area contributed by atoms with Crippen molar-refractivity contribution >= 4 is 32.3 Å². The van der Waals surface area contributed by atoms with E-state index in [0.29, 0.717) is 22.2 Å². The van der Waals surface area contributed by atoms with E-state index in [1.54, 1.807) is 6.92 Å². The fraction of sp³-hybridized carbons (Fsp3) is 0.400. The topological polar surface area (TPSA) is 108 Å². The number of fused-ring (bicyclic) bond motifs is 1. The number of methoxy groups -OCH3 is 1. The summed E-state index contributed by atoms with van der Waals surface area (Å²) in [6.07, 6.45) is -1.31. The van der Waals surface area contributed by atoms with Gasteiger partial charge in [-0.25, -0.2) is 26.6 Å². The molecule has 9 nitrogen and oxygen atoms in total. The summed E-state index contributed by atoms with van der Waals surface area (Å²) in [5, 5.41) is 11.5. The van der Waals surface area contributed by atoms with Crippen LogP contribution in [-0.2, 0) is 14.8 Å². The minimum atomic E-state index is -3.89. The summed E-state index contributed by atoms with van der Waals surface area (Å²) in [5.74, 6) is 0.276. The third-order valence-electron chi connectivity index (χ3n) is 4.17. The quantitative estimate of drug-likeness (QED) is 0.635. The molecule has 1 N–H and O–H groups in total. The monoisotopic (exact) mass is 431 g/mol. The van der Waals surface area contributed by atoms with Gasteiger partial charge in [0.05, 0.1) is 47.9 Å². The molecule has 150 valence electrons. The number of ether oxygens (including phenoxy) is 2. The lowest BCUT2D eigenvalue weighted by Gasteiger charge is -2.38. The number of sulfonamides is 1. The molecule has 3 aromatic rings. The van der Waals surface area contributed by atoms with Gasteiger partial charge in [-0.15, -0.1) is 10.2 Å². The molecule has 4 rings (SSSR count). The van der Waals surface area contributed by atoms with Gasteiger partial charge in [-0.1, -0.05) is 11.3 Å². The first-order valence-electron chi connectivity index (χ1n) is 8.02. The molecule has 1 aliphatic rings. The summed E-state index contributed by atoms with van der Waals surface area (Å²) in [4.78, 5) is -0.0506. The summed E-state index contributed by atoms with van der Waals surface area (Å²) in [7, 11) is -2.49. The molecule has 13 heteroatoms. The van der Waals surface area contributed by atoms with Crippen LogP contribution in [0.15, 0.2) is 23.2 Å². The van der Waals surface area contributed by atoms with Crippen molar-refractivity contribution in [2.45, 2.75) is 23.8 Å². The predicted octanol–water partition coefficient (Wildman–Crippen LogP) is 1.89. The Labute approximate surface area is 162 Å². The van der Waals surface area contributed by atoms with Crippen LogP contribution in [0.4, 0.5) is 8.78 Å². The molecule has 1 aromatic carbocycles. The van der Waals surface area contributed by atoms with Crippen molar-refractivity contribution in [1.82, 2.24) is 24.7 Å². The molecule has 0 amide bonds. The molecule has 0 spiro atoms. The van der Waals surface area contributed by atoms with E-state index in [9.17, 15) is 17.2 Å². The van der Waals surface area contributed by atoms with Gasteiger partial charge in [0.25, 0.3) is 6.43 Å². The Morgan fingerprint density at radius 3 is 2.68 bits per heavy atom. The van der Waals surface area contributed by atoms with Crippen molar-refractivity contribution in [2.24, 2.45) is 0 Å². The van der Waals surface area contributed by atoms with Crippen LogP contribution < -0.4 is 9.46 Å². The first-order valence-corrected chi connectivity index (χ1v) is 10.3. The predicted molar refractivity (Wildman–Crippen MR) is 95.6 cm³/mol. The fourth-order valence-electron chi connectivity index (χ4n) is 2.80. The minimum absolute atomic E-state index is 0.0506. The van der Waals surface area contributed by atoms with Crippen molar-refractivity contribution < 1.29 is 26.7 Å². The summed E-state index contributed by atoms with van der Waals surface area (Å²) in [6.45, 7) is 2.27. The fourth-order valence-corrected chi connectivity index (χ4v) is 4.88. The molecule has 0 radical (unpaired) electrons. The highest BCUT2D eigenvalue weighted by molar-refractivity contribution is 7.89. The molecule has 2 aromatic heterocycles. The van der Waals surface area contributed by atoms with E-state index in [-0.39, 0.29) is 29.0 Å². The van der Waals surface area contributed by atoms with Gasteiger partial charge < -0.3 is 9.47 Å². The molecule has 28 heavy (non-hydrogen) atoms. The summed E-state index contributed by atoms with van der Waals surface area (Å²) in [6, 6.07) is 2.77. The van der Waals surface area contributed by atoms with Crippen LogP contribution in [0.5, 0.6) is 5.75 Å². The smallest absolute Gasteiger partial charge is 0.291 e. The van der Waals surface area contributed by atoms with Crippen LogP contribution in [0, 0.1) is 0 Å². The number of alkyl halides is 2. The van der Waals surface area contributed by atoms with E-state index >= 15 is 0 Å². The van der Waals surface area contributed by atoms with Crippen LogP contribution >= 0.6 is 11.3 Å². The Balaban J connectivity index is 1.83. The minimum Gasteiger partial charge on any atom is -0.496 e. The Kier molecular flexibility index (Phi) is 4.56. The second-order valence-corrected chi connectivity index (χ2v) is 9.17. The van der Waals surface area contributed by atoms with Crippen LogP contribution in [0.3, 0.4) is 0 Å². The van der Waals surface area contributed by atoms with Crippen LogP contribution in [0.25, 0.3) is 16.0 Å². The van der Waals surface area contributed by atoms with Gasteiger partial charge in [0, 0.05) is 6.07 Å². The van der Waals surface area contributed by atoms with E-state index in [0.717, 1.165) is 0 Å². The number of hydrogen-bond donors (Lipinski definition) is 1. The van der Waals surface area contributed by atoms with E-state index in [1.165, 1.54) is 30.1 Å². The van der Waals surface area contributed by atoms with Gasteiger partial charge >= 0.3 is 0 Å². The second-order valence-electron chi connectivity index (χ2n) is 6.50. The Bertz CT molecular complexity index is 1140. The molecule has 3 heterocycles. The lowest BCUT2D eigenvalue weighted by molar-refractivity contribution is -0.0523. The normalized spacial score (nSPS) is 16.5. The van der Waals surface area contributed by atoms with Crippen molar-refractivity contribution in [1.29, 1.82) is 0 Å². The van der Waals surface area contributed by atoms with Gasteiger partial charge in [-0.05, 0) is 13.0 Å². The SMILES string of the molecule is COc1cc(S(=O)(=O)NC2(C)COC2)cc2c1cnn2-c1nnc(C(F)F)s1. The van der Waals surface area contributed by atoms with Gasteiger partial charge in [0.2, 0.25) is 15.2 Å².